The molecule has 1 N–H and O–H groups in total. The van der Waals surface area contributed by atoms with Gasteiger partial charge in [-0.15, -0.1) is 11.3 Å². The molecule has 0 aliphatic rings. The van der Waals surface area contributed by atoms with Crippen LogP contribution in [0.2, 0.25) is 10.0 Å². The Labute approximate surface area is 186 Å². The van der Waals surface area contributed by atoms with Crippen LogP contribution in [-0.4, -0.2) is 10.9 Å². The van der Waals surface area contributed by atoms with Crippen LogP contribution in [-0.2, 0) is 6.42 Å². The standard InChI is InChI=1S/C23H14Cl2N2O2S/c24-15-6-7-19(25)14(9-15)10-16-12-26-23(30-16)27-22(28)13-5-8-21-18(11-13)17-3-1-2-4-20(17)29-21/h1-9,11-12H,10H2,(H,26,27,28). The van der Waals surface area contributed by atoms with Gasteiger partial charge in [-0.2, -0.15) is 0 Å². The number of amides is 1. The van der Waals surface area contributed by atoms with Crippen molar-refractivity contribution < 1.29 is 9.21 Å². The highest BCUT2D eigenvalue weighted by Crippen LogP contribution is 2.30. The molecule has 0 saturated heterocycles. The topological polar surface area (TPSA) is 55.1 Å². The normalized spacial score (nSPS) is 11.3. The van der Waals surface area contributed by atoms with Crippen LogP contribution in [0.4, 0.5) is 5.13 Å². The molecule has 0 radical (unpaired) electrons. The maximum Gasteiger partial charge on any atom is 0.257 e. The number of fused-ring (bicyclic) bond motifs is 3. The summed E-state index contributed by atoms with van der Waals surface area (Å²) in [5, 5.41) is 6.59. The first-order chi connectivity index (χ1) is 14.6. The van der Waals surface area contributed by atoms with Crippen LogP contribution >= 0.6 is 34.5 Å². The van der Waals surface area contributed by atoms with Crippen LogP contribution in [0.25, 0.3) is 21.9 Å². The van der Waals surface area contributed by atoms with Gasteiger partial charge in [0.15, 0.2) is 5.13 Å². The fourth-order valence-corrected chi connectivity index (χ4v) is 4.56. The Morgan fingerprint density at radius 3 is 2.73 bits per heavy atom. The van der Waals surface area contributed by atoms with E-state index in [-0.39, 0.29) is 5.91 Å². The molecular weight excluding hydrogens is 439 g/mol. The number of benzene rings is 3. The van der Waals surface area contributed by atoms with Gasteiger partial charge in [0.1, 0.15) is 11.2 Å². The number of furan rings is 1. The number of thiazole rings is 1. The number of hydrogen-bond acceptors (Lipinski definition) is 4. The Morgan fingerprint density at radius 2 is 1.83 bits per heavy atom. The maximum absolute atomic E-state index is 12.8. The highest BCUT2D eigenvalue weighted by atomic mass is 35.5. The van der Waals surface area contributed by atoms with Crippen LogP contribution < -0.4 is 5.32 Å². The number of halogens is 2. The molecule has 4 nitrogen and oxygen atoms in total. The second-order valence-electron chi connectivity index (χ2n) is 6.81. The van der Waals surface area contributed by atoms with Gasteiger partial charge in [-0.3, -0.25) is 10.1 Å². The quantitative estimate of drug-likeness (QED) is 0.313. The Morgan fingerprint density at radius 1 is 1.00 bits per heavy atom. The van der Waals surface area contributed by atoms with Crippen molar-refractivity contribution >= 4 is 67.5 Å². The van der Waals surface area contributed by atoms with Gasteiger partial charge < -0.3 is 4.42 Å². The van der Waals surface area contributed by atoms with Gasteiger partial charge in [0, 0.05) is 43.9 Å². The van der Waals surface area contributed by atoms with E-state index in [1.54, 1.807) is 24.4 Å². The summed E-state index contributed by atoms with van der Waals surface area (Å²) in [5.41, 5.74) is 3.02. The molecule has 1 amide bonds. The zero-order chi connectivity index (χ0) is 20.7. The van der Waals surface area contributed by atoms with Gasteiger partial charge in [-0.1, -0.05) is 41.4 Å². The zero-order valence-corrected chi connectivity index (χ0v) is 17.8. The number of para-hydroxylation sites is 1. The zero-order valence-electron chi connectivity index (χ0n) is 15.5. The third-order valence-corrected chi connectivity index (χ3v) is 6.30. The Bertz CT molecular complexity index is 1410. The number of nitrogens with zero attached hydrogens (tertiary/aromatic N) is 1. The summed E-state index contributed by atoms with van der Waals surface area (Å²) in [6.45, 7) is 0. The molecule has 0 bridgehead atoms. The predicted octanol–water partition coefficient (Wildman–Crippen LogP) is 7.19. The van der Waals surface area contributed by atoms with Crippen LogP contribution in [0.1, 0.15) is 20.8 Å². The van der Waals surface area contributed by atoms with E-state index in [2.05, 4.69) is 10.3 Å². The van der Waals surface area contributed by atoms with Gasteiger partial charge in [0.05, 0.1) is 0 Å². The Hall–Kier alpha value is -2.86. The molecule has 2 heterocycles. The fourth-order valence-electron chi connectivity index (χ4n) is 3.35. The molecule has 30 heavy (non-hydrogen) atoms. The first-order valence-electron chi connectivity index (χ1n) is 9.18. The average Bonchev–Trinajstić information content (AvgIpc) is 3.34. The van der Waals surface area contributed by atoms with E-state index in [0.29, 0.717) is 27.2 Å². The van der Waals surface area contributed by atoms with Crippen LogP contribution in [0.3, 0.4) is 0 Å². The highest BCUT2D eigenvalue weighted by Gasteiger charge is 2.13. The van der Waals surface area contributed by atoms with Crippen molar-refractivity contribution in [1.82, 2.24) is 4.98 Å². The van der Waals surface area contributed by atoms with Crippen LogP contribution in [0.5, 0.6) is 0 Å². The monoisotopic (exact) mass is 452 g/mol. The van der Waals surface area contributed by atoms with E-state index < -0.39 is 0 Å². The summed E-state index contributed by atoms with van der Waals surface area (Å²) >= 11 is 13.7. The van der Waals surface area contributed by atoms with Gasteiger partial charge >= 0.3 is 0 Å². The van der Waals surface area contributed by atoms with E-state index in [0.717, 1.165) is 32.4 Å². The van der Waals surface area contributed by atoms with E-state index in [1.165, 1.54) is 11.3 Å². The SMILES string of the molecule is O=C(Nc1ncc(Cc2cc(Cl)ccc2Cl)s1)c1ccc2oc3ccccc3c2c1. The minimum Gasteiger partial charge on any atom is -0.456 e. The summed E-state index contributed by atoms with van der Waals surface area (Å²) < 4.78 is 5.82. The molecule has 0 fully saturated rings. The lowest BCUT2D eigenvalue weighted by Gasteiger charge is -2.03. The lowest BCUT2D eigenvalue weighted by Crippen LogP contribution is -2.11. The van der Waals surface area contributed by atoms with Crippen molar-refractivity contribution in [3.8, 4) is 0 Å². The van der Waals surface area contributed by atoms with Crippen LogP contribution in [0, 0.1) is 0 Å². The van der Waals surface area contributed by atoms with Gasteiger partial charge in [0.25, 0.3) is 5.91 Å². The molecule has 0 aliphatic carbocycles. The molecule has 0 unspecified atom stereocenters. The maximum atomic E-state index is 12.8. The second kappa shape index (κ2) is 7.76. The highest BCUT2D eigenvalue weighted by molar-refractivity contribution is 7.15. The molecule has 5 rings (SSSR count). The minimum atomic E-state index is -0.219. The molecule has 7 heteroatoms. The minimum absolute atomic E-state index is 0.219. The summed E-state index contributed by atoms with van der Waals surface area (Å²) in [6.07, 6.45) is 2.34. The number of rotatable bonds is 4. The molecule has 0 spiro atoms. The number of hydrogen-bond donors (Lipinski definition) is 1. The van der Waals surface area contributed by atoms with E-state index in [4.69, 9.17) is 27.6 Å². The smallest absolute Gasteiger partial charge is 0.257 e. The third-order valence-electron chi connectivity index (χ3n) is 4.79. The van der Waals surface area contributed by atoms with Crippen molar-refractivity contribution in [2.75, 3.05) is 5.32 Å². The van der Waals surface area contributed by atoms with Gasteiger partial charge in [0.2, 0.25) is 0 Å². The third kappa shape index (κ3) is 3.67. The average molecular weight is 453 g/mol. The van der Waals surface area contributed by atoms with Crippen molar-refractivity contribution in [2.45, 2.75) is 6.42 Å². The van der Waals surface area contributed by atoms with Gasteiger partial charge in [-0.25, -0.2) is 4.98 Å². The van der Waals surface area contributed by atoms with Crippen molar-refractivity contribution in [1.29, 1.82) is 0 Å². The van der Waals surface area contributed by atoms with Gasteiger partial charge in [-0.05, 0) is 48.0 Å². The summed E-state index contributed by atoms with van der Waals surface area (Å²) in [6, 6.07) is 18.6. The molecule has 2 aromatic heterocycles. The molecule has 5 aromatic rings. The fraction of sp³-hybridized carbons (Fsp3) is 0.0435. The number of nitrogens with one attached hydrogen (secondary N) is 1. The largest absolute Gasteiger partial charge is 0.456 e. The predicted molar refractivity (Wildman–Crippen MR) is 123 cm³/mol. The number of carbonyl (C=O) groups excluding carboxylic acids is 1. The Balaban J connectivity index is 1.37. The van der Waals surface area contributed by atoms with E-state index in [9.17, 15) is 4.79 Å². The van der Waals surface area contributed by atoms with E-state index in [1.807, 2.05) is 42.5 Å². The number of aromatic nitrogens is 1. The second-order valence-corrected chi connectivity index (χ2v) is 8.77. The molecule has 0 atom stereocenters. The molecular formula is C23H14Cl2N2O2S. The van der Waals surface area contributed by atoms with Crippen molar-refractivity contribution in [3.63, 3.8) is 0 Å². The lowest BCUT2D eigenvalue weighted by molar-refractivity contribution is 0.102. The summed E-state index contributed by atoms with van der Waals surface area (Å²) in [7, 11) is 0. The molecule has 0 aliphatic heterocycles. The van der Waals surface area contributed by atoms with Crippen molar-refractivity contribution in [2.24, 2.45) is 0 Å². The molecule has 148 valence electrons. The Kier molecular flexibility index (Phi) is 4.95. The number of anilines is 1. The number of carbonyl (C=O) groups is 1. The summed E-state index contributed by atoms with van der Waals surface area (Å²) in [4.78, 5) is 18.1. The first kappa shape index (κ1) is 19.1. The molecule has 3 aromatic carbocycles. The van der Waals surface area contributed by atoms with Crippen LogP contribution in [0.15, 0.2) is 71.3 Å². The lowest BCUT2D eigenvalue weighted by atomic mass is 10.1. The molecule has 0 saturated carbocycles. The first-order valence-corrected chi connectivity index (χ1v) is 10.8. The summed E-state index contributed by atoms with van der Waals surface area (Å²) in [5.74, 6) is -0.219. The van der Waals surface area contributed by atoms with E-state index >= 15 is 0 Å². The van der Waals surface area contributed by atoms with Crippen molar-refractivity contribution in [3.05, 3.63) is 92.9 Å².